The highest BCUT2D eigenvalue weighted by atomic mass is 16.1. The highest BCUT2D eigenvalue weighted by Crippen LogP contribution is 2.18. The second kappa shape index (κ2) is 4.35. The van der Waals surface area contributed by atoms with Crippen LogP contribution in [-0.4, -0.2) is 16.6 Å². The first-order valence-electron chi connectivity index (χ1n) is 5.45. The van der Waals surface area contributed by atoms with E-state index in [1.54, 1.807) is 11.6 Å². The molecular weight excluding hydrogens is 202 g/mol. The van der Waals surface area contributed by atoms with Crippen LogP contribution in [0.15, 0.2) is 29.1 Å². The van der Waals surface area contributed by atoms with Crippen LogP contribution in [0.3, 0.4) is 0 Å². The Balaban J connectivity index is 2.81. The van der Waals surface area contributed by atoms with Crippen molar-refractivity contribution in [1.82, 2.24) is 9.55 Å². The van der Waals surface area contributed by atoms with Gasteiger partial charge in [-0.2, -0.15) is 4.98 Å². The minimum Gasteiger partial charge on any atom is -0.372 e. The van der Waals surface area contributed by atoms with E-state index < -0.39 is 0 Å². The maximum Gasteiger partial charge on any atom is 0.350 e. The summed E-state index contributed by atoms with van der Waals surface area (Å²) in [5, 5.41) is 3.94. The van der Waals surface area contributed by atoms with Gasteiger partial charge in [0.05, 0.1) is 5.52 Å². The molecule has 84 valence electrons. The van der Waals surface area contributed by atoms with Crippen molar-refractivity contribution in [3.8, 4) is 0 Å². The summed E-state index contributed by atoms with van der Waals surface area (Å²) in [4.78, 5) is 15.8. The van der Waals surface area contributed by atoms with Crippen molar-refractivity contribution in [2.24, 2.45) is 0 Å². The molecule has 1 aromatic carbocycles. The number of aromatic nitrogens is 2. The fraction of sp³-hybridized carbons (Fsp3) is 0.333. The van der Waals surface area contributed by atoms with E-state index in [-0.39, 0.29) is 5.69 Å². The predicted molar refractivity (Wildman–Crippen MR) is 65.8 cm³/mol. The Bertz CT molecular complexity index is 560. The monoisotopic (exact) mass is 217 g/mol. The molecule has 0 amide bonds. The molecule has 1 heterocycles. The third-order valence-electron chi connectivity index (χ3n) is 2.57. The molecule has 0 unspecified atom stereocenters. The van der Waals surface area contributed by atoms with Gasteiger partial charge in [-0.1, -0.05) is 19.1 Å². The summed E-state index contributed by atoms with van der Waals surface area (Å²) in [5.74, 6) is 0.646. The second-order valence-corrected chi connectivity index (χ2v) is 3.66. The molecule has 0 saturated carbocycles. The molecule has 0 fully saturated rings. The van der Waals surface area contributed by atoms with Gasteiger partial charge in [0.15, 0.2) is 0 Å². The first-order valence-corrected chi connectivity index (χ1v) is 5.45. The Kier molecular flexibility index (Phi) is 2.90. The molecule has 4 nitrogen and oxygen atoms in total. The number of aryl methyl sites for hydroxylation is 1. The van der Waals surface area contributed by atoms with Crippen molar-refractivity contribution >= 4 is 16.7 Å². The van der Waals surface area contributed by atoms with E-state index in [2.05, 4.69) is 10.3 Å². The maximum absolute atomic E-state index is 11.8. The van der Waals surface area contributed by atoms with E-state index in [0.717, 1.165) is 17.3 Å². The van der Waals surface area contributed by atoms with Gasteiger partial charge in [-0.15, -0.1) is 0 Å². The van der Waals surface area contributed by atoms with E-state index in [0.29, 0.717) is 12.4 Å². The standard InChI is InChI=1S/C12H15N3O/c1-3-8-15-10-7-5-4-6-9(10)11(13-2)14-12(15)16/h4-7H,3,8H2,1-2H3,(H,13,14,16). The molecule has 16 heavy (non-hydrogen) atoms. The van der Waals surface area contributed by atoms with Crippen LogP contribution in [0.5, 0.6) is 0 Å². The van der Waals surface area contributed by atoms with Crippen LogP contribution in [0, 0.1) is 0 Å². The molecule has 0 atom stereocenters. The molecule has 0 aliphatic rings. The lowest BCUT2D eigenvalue weighted by Crippen LogP contribution is -2.24. The molecular formula is C12H15N3O. The molecule has 2 aromatic rings. The number of rotatable bonds is 3. The zero-order valence-corrected chi connectivity index (χ0v) is 9.53. The fourth-order valence-electron chi connectivity index (χ4n) is 1.86. The molecule has 0 bridgehead atoms. The third-order valence-corrected chi connectivity index (χ3v) is 2.57. The second-order valence-electron chi connectivity index (χ2n) is 3.66. The largest absolute Gasteiger partial charge is 0.372 e. The Morgan fingerprint density at radius 2 is 2.12 bits per heavy atom. The SMILES string of the molecule is CCCn1c(=O)nc(NC)c2ccccc21. The molecule has 1 aromatic heterocycles. The Morgan fingerprint density at radius 1 is 1.38 bits per heavy atom. The molecule has 0 aliphatic carbocycles. The molecule has 2 rings (SSSR count). The number of hydrogen-bond acceptors (Lipinski definition) is 3. The Labute approximate surface area is 93.9 Å². The van der Waals surface area contributed by atoms with E-state index >= 15 is 0 Å². The van der Waals surface area contributed by atoms with Crippen LogP contribution >= 0.6 is 0 Å². The smallest absolute Gasteiger partial charge is 0.350 e. The first-order chi connectivity index (χ1) is 7.77. The summed E-state index contributed by atoms with van der Waals surface area (Å²) in [7, 11) is 1.78. The van der Waals surface area contributed by atoms with Crippen LogP contribution in [0.1, 0.15) is 13.3 Å². The quantitative estimate of drug-likeness (QED) is 0.853. The lowest BCUT2D eigenvalue weighted by molar-refractivity contribution is 0.661. The minimum atomic E-state index is -0.190. The molecule has 0 aliphatic heterocycles. The predicted octanol–water partition coefficient (Wildman–Crippen LogP) is 1.85. The van der Waals surface area contributed by atoms with Crippen LogP contribution in [-0.2, 0) is 6.54 Å². The lowest BCUT2D eigenvalue weighted by atomic mass is 10.2. The molecule has 1 N–H and O–H groups in total. The zero-order valence-electron chi connectivity index (χ0n) is 9.53. The number of fused-ring (bicyclic) bond motifs is 1. The summed E-state index contributed by atoms with van der Waals surface area (Å²) >= 11 is 0. The van der Waals surface area contributed by atoms with E-state index in [1.807, 2.05) is 31.2 Å². The van der Waals surface area contributed by atoms with Crippen molar-refractivity contribution in [2.45, 2.75) is 19.9 Å². The van der Waals surface area contributed by atoms with Crippen LogP contribution in [0.25, 0.3) is 10.9 Å². The van der Waals surface area contributed by atoms with Crippen molar-refractivity contribution in [2.75, 3.05) is 12.4 Å². The fourth-order valence-corrected chi connectivity index (χ4v) is 1.86. The number of anilines is 1. The number of nitrogens with one attached hydrogen (secondary N) is 1. The highest BCUT2D eigenvalue weighted by Gasteiger charge is 2.07. The van der Waals surface area contributed by atoms with Crippen molar-refractivity contribution in [3.63, 3.8) is 0 Å². The summed E-state index contributed by atoms with van der Waals surface area (Å²) in [6, 6.07) is 7.81. The molecule has 0 radical (unpaired) electrons. The van der Waals surface area contributed by atoms with E-state index in [9.17, 15) is 4.79 Å². The third kappa shape index (κ3) is 1.66. The normalized spacial score (nSPS) is 10.6. The van der Waals surface area contributed by atoms with E-state index in [4.69, 9.17) is 0 Å². The van der Waals surface area contributed by atoms with Crippen LogP contribution < -0.4 is 11.0 Å². The summed E-state index contributed by atoms with van der Waals surface area (Å²) in [5.41, 5.74) is 0.749. The first kappa shape index (κ1) is 10.7. The van der Waals surface area contributed by atoms with Crippen molar-refractivity contribution in [1.29, 1.82) is 0 Å². The number of para-hydroxylation sites is 1. The van der Waals surface area contributed by atoms with Crippen molar-refractivity contribution in [3.05, 3.63) is 34.7 Å². The number of benzene rings is 1. The molecule has 0 saturated heterocycles. The zero-order chi connectivity index (χ0) is 11.5. The molecule has 0 spiro atoms. The van der Waals surface area contributed by atoms with E-state index in [1.165, 1.54) is 0 Å². The molecule has 4 heteroatoms. The summed E-state index contributed by atoms with van der Waals surface area (Å²) < 4.78 is 1.72. The lowest BCUT2D eigenvalue weighted by Gasteiger charge is -2.10. The van der Waals surface area contributed by atoms with Gasteiger partial charge in [-0.25, -0.2) is 4.79 Å². The summed E-state index contributed by atoms with van der Waals surface area (Å²) in [6.45, 7) is 2.75. The minimum absolute atomic E-state index is 0.190. The Morgan fingerprint density at radius 3 is 2.81 bits per heavy atom. The van der Waals surface area contributed by atoms with Crippen LogP contribution in [0.2, 0.25) is 0 Å². The topological polar surface area (TPSA) is 46.9 Å². The van der Waals surface area contributed by atoms with Gasteiger partial charge >= 0.3 is 5.69 Å². The highest BCUT2D eigenvalue weighted by molar-refractivity contribution is 5.89. The van der Waals surface area contributed by atoms with Gasteiger partial charge in [0.25, 0.3) is 0 Å². The van der Waals surface area contributed by atoms with Gasteiger partial charge in [0, 0.05) is 19.0 Å². The average molecular weight is 217 g/mol. The van der Waals surface area contributed by atoms with Gasteiger partial charge in [-0.05, 0) is 18.6 Å². The van der Waals surface area contributed by atoms with Crippen LogP contribution in [0.4, 0.5) is 5.82 Å². The average Bonchev–Trinajstić information content (AvgIpc) is 2.32. The maximum atomic E-state index is 11.8. The van der Waals surface area contributed by atoms with Gasteiger partial charge in [-0.3, -0.25) is 4.57 Å². The Hall–Kier alpha value is -1.84. The number of hydrogen-bond donors (Lipinski definition) is 1. The van der Waals surface area contributed by atoms with Gasteiger partial charge in [0.2, 0.25) is 0 Å². The summed E-state index contributed by atoms with van der Waals surface area (Å²) in [6.07, 6.45) is 0.921. The van der Waals surface area contributed by atoms with Crippen molar-refractivity contribution < 1.29 is 0 Å². The van der Waals surface area contributed by atoms with Gasteiger partial charge < -0.3 is 5.32 Å². The number of nitrogens with zero attached hydrogens (tertiary/aromatic N) is 2. The van der Waals surface area contributed by atoms with Gasteiger partial charge in [0.1, 0.15) is 5.82 Å².